The van der Waals surface area contributed by atoms with Crippen LogP contribution in [0.15, 0.2) is 0 Å². The SMILES string of the molecule is CC1(C)CCN(CCCCBr)C1. The zero-order chi connectivity index (χ0) is 9.03. The highest BCUT2D eigenvalue weighted by Gasteiger charge is 2.28. The minimum Gasteiger partial charge on any atom is -0.303 e. The zero-order valence-electron chi connectivity index (χ0n) is 8.27. The molecule has 12 heavy (non-hydrogen) atoms. The zero-order valence-corrected chi connectivity index (χ0v) is 9.86. The molecule has 1 fully saturated rings. The van der Waals surface area contributed by atoms with E-state index in [4.69, 9.17) is 0 Å². The molecule has 0 radical (unpaired) electrons. The predicted molar refractivity (Wildman–Crippen MR) is 57.9 cm³/mol. The molecule has 1 rings (SSSR count). The van der Waals surface area contributed by atoms with Crippen molar-refractivity contribution >= 4 is 15.9 Å². The van der Waals surface area contributed by atoms with Gasteiger partial charge in [-0.1, -0.05) is 29.8 Å². The van der Waals surface area contributed by atoms with Gasteiger partial charge in [0.2, 0.25) is 0 Å². The van der Waals surface area contributed by atoms with Gasteiger partial charge in [0, 0.05) is 11.9 Å². The average molecular weight is 234 g/mol. The summed E-state index contributed by atoms with van der Waals surface area (Å²) < 4.78 is 0. The number of likely N-dealkylation sites (tertiary alicyclic amines) is 1. The van der Waals surface area contributed by atoms with Gasteiger partial charge in [-0.3, -0.25) is 0 Å². The first-order valence-corrected chi connectivity index (χ1v) is 6.04. The largest absolute Gasteiger partial charge is 0.303 e. The second-order valence-corrected chi connectivity index (χ2v) is 5.38. The molecule has 0 amide bonds. The van der Waals surface area contributed by atoms with Crippen LogP contribution >= 0.6 is 15.9 Å². The fourth-order valence-electron chi connectivity index (χ4n) is 1.84. The van der Waals surface area contributed by atoms with E-state index in [1.165, 1.54) is 38.9 Å². The quantitative estimate of drug-likeness (QED) is 0.534. The lowest BCUT2D eigenvalue weighted by atomic mass is 9.93. The molecule has 0 aromatic rings. The molecule has 1 aliphatic rings. The molecule has 0 N–H and O–H groups in total. The molecule has 0 aromatic heterocycles. The van der Waals surface area contributed by atoms with E-state index in [0.29, 0.717) is 5.41 Å². The Morgan fingerprint density at radius 2 is 2.08 bits per heavy atom. The van der Waals surface area contributed by atoms with Gasteiger partial charge in [-0.25, -0.2) is 0 Å². The summed E-state index contributed by atoms with van der Waals surface area (Å²) in [6.45, 7) is 8.66. The topological polar surface area (TPSA) is 3.24 Å². The van der Waals surface area contributed by atoms with Crippen molar-refractivity contribution in [2.45, 2.75) is 33.1 Å². The van der Waals surface area contributed by atoms with Crippen LogP contribution in [0.3, 0.4) is 0 Å². The van der Waals surface area contributed by atoms with Crippen LogP contribution in [-0.4, -0.2) is 29.9 Å². The highest BCUT2D eigenvalue weighted by atomic mass is 79.9. The molecule has 0 aliphatic carbocycles. The van der Waals surface area contributed by atoms with Crippen LogP contribution < -0.4 is 0 Å². The summed E-state index contributed by atoms with van der Waals surface area (Å²) in [5.41, 5.74) is 0.578. The van der Waals surface area contributed by atoms with Crippen LogP contribution in [0.1, 0.15) is 33.1 Å². The maximum absolute atomic E-state index is 3.46. The second kappa shape index (κ2) is 4.61. The van der Waals surface area contributed by atoms with Crippen LogP contribution in [-0.2, 0) is 0 Å². The van der Waals surface area contributed by atoms with Gasteiger partial charge in [0.15, 0.2) is 0 Å². The summed E-state index contributed by atoms with van der Waals surface area (Å²) in [6, 6.07) is 0. The Hall–Kier alpha value is 0.440. The van der Waals surface area contributed by atoms with Crippen molar-refractivity contribution in [2.24, 2.45) is 5.41 Å². The van der Waals surface area contributed by atoms with E-state index in [1.54, 1.807) is 0 Å². The first-order valence-electron chi connectivity index (χ1n) is 4.92. The standard InChI is InChI=1S/C10H20BrN/c1-10(2)5-8-12(9-10)7-4-3-6-11/h3-9H2,1-2H3. The highest BCUT2D eigenvalue weighted by Crippen LogP contribution is 2.28. The summed E-state index contributed by atoms with van der Waals surface area (Å²) in [5, 5.41) is 1.16. The van der Waals surface area contributed by atoms with E-state index in [0.717, 1.165) is 5.33 Å². The fourth-order valence-corrected chi connectivity index (χ4v) is 2.24. The van der Waals surface area contributed by atoms with Crippen LogP contribution in [0.5, 0.6) is 0 Å². The van der Waals surface area contributed by atoms with Crippen molar-refractivity contribution in [2.75, 3.05) is 25.0 Å². The van der Waals surface area contributed by atoms with Gasteiger partial charge in [0.25, 0.3) is 0 Å². The normalized spacial score (nSPS) is 23.2. The number of rotatable bonds is 4. The average Bonchev–Trinajstić information content (AvgIpc) is 2.31. The number of hydrogen-bond donors (Lipinski definition) is 0. The molecular weight excluding hydrogens is 214 g/mol. The maximum atomic E-state index is 3.46. The third-order valence-electron chi connectivity index (χ3n) is 2.61. The summed E-state index contributed by atoms with van der Waals surface area (Å²) in [6.07, 6.45) is 4.04. The maximum Gasteiger partial charge on any atom is 0.00332 e. The smallest absolute Gasteiger partial charge is 0.00332 e. The number of unbranched alkanes of at least 4 members (excludes halogenated alkanes) is 1. The minimum absolute atomic E-state index is 0.578. The molecule has 0 saturated carbocycles. The van der Waals surface area contributed by atoms with E-state index >= 15 is 0 Å². The summed E-state index contributed by atoms with van der Waals surface area (Å²) in [7, 11) is 0. The van der Waals surface area contributed by atoms with Crippen LogP contribution in [0.2, 0.25) is 0 Å². The van der Waals surface area contributed by atoms with Gasteiger partial charge in [-0.15, -0.1) is 0 Å². The van der Waals surface area contributed by atoms with Gasteiger partial charge in [-0.2, -0.15) is 0 Å². The number of hydrogen-bond acceptors (Lipinski definition) is 1. The van der Waals surface area contributed by atoms with Gasteiger partial charge in [-0.05, 0) is 37.8 Å². The molecule has 72 valence electrons. The first kappa shape index (κ1) is 10.5. The second-order valence-electron chi connectivity index (χ2n) is 4.59. The predicted octanol–water partition coefficient (Wildman–Crippen LogP) is 2.89. The summed E-state index contributed by atoms with van der Waals surface area (Å²) in [5.74, 6) is 0. The number of nitrogens with zero attached hydrogens (tertiary/aromatic N) is 1. The molecule has 0 atom stereocenters. The van der Waals surface area contributed by atoms with Crippen molar-refractivity contribution in [1.82, 2.24) is 4.90 Å². The first-order chi connectivity index (χ1) is 5.64. The van der Waals surface area contributed by atoms with Crippen LogP contribution in [0, 0.1) is 5.41 Å². The highest BCUT2D eigenvalue weighted by molar-refractivity contribution is 9.09. The van der Waals surface area contributed by atoms with E-state index < -0.39 is 0 Å². The molecule has 2 heteroatoms. The molecule has 1 saturated heterocycles. The Labute approximate surface area is 84.6 Å². The van der Waals surface area contributed by atoms with Crippen LogP contribution in [0.25, 0.3) is 0 Å². The number of alkyl halides is 1. The lowest BCUT2D eigenvalue weighted by Gasteiger charge is -2.19. The van der Waals surface area contributed by atoms with Crippen molar-refractivity contribution in [3.8, 4) is 0 Å². The molecule has 0 bridgehead atoms. The Kier molecular flexibility index (Phi) is 4.04. The molecule has 0 unspecified atom stereocenters. The Morgan fingerprint density at radius 1 is 1.33 bits per heavy atom. The molecular formula is C10H20BrN. The summed E-state index contributed by atoms with van der Waals surface area (Å²) >= 11 is 3.46. The lowest BCUT2D eigenvalue weighted by molar-refractivity contribution is 0.287. The van der Waals surface area contributed by atoms with Crippen molar-refractivity contribution in [3.63, 3.8) is 0 Å². The van der Waals surface area contributed by atoms with Crippen molar-refractivity contribution < 1.29 is 0 Å². The van der Waals surface area contributed by atoms with Crippen LogP contribution in [0.4, 0.5) is 0 Å². The van der Waals surface area contributed by atoms with Gasteiger partial charge in [0.1, 0.15) is 0 Å². The summed E-state index contributed by atoms with van der Waals surface area (Å²) in [4.78, 5) is 2.60. The van der Waals surface area contributed by atoms with E-state index in [-0.39, 0.29) is 0 Å². The van der Waals surface area contributed by atoms with Gasteiger partial charge >= 0.3 is 0 Å². The number of halogens is 1. The molecule has 1 aliphatic heterocycles. The fraction of sp³-hybridized carbons (Fsp3) is 1.00. The van der Waals surface area contributed by atoms with Crippen molar-refractivity contribution in [3.05, 3.63) is 0 Å². The monoisotopic (exact) mass is 233 g/mol. The third kappa shape index (κ3) is 3.44. The van der Waals surface area contributed by atoms with Gasteiger partial charge < -0.3 is 4.90 Å². The Bertz CT molecular complexity index is 134. The van der Waals surface area contributed by atoms with Crippen molar-refractivity contribution in [1.29, 1.82) is 0 Å². The molecule has 1 nitrogen and oxygen atoms in total. The minimum atomic E-state index is 0.578. The van der Waals surface area contributed by atoms with E-state index in [1.807, 2.05) is 0 Å². The third-order valence-corrected chi connectivity index (χ3v) is 3.18. The lowest BCUT2D eigenvalue weighted by Crippen LogP contribution is -2.24. The molecule has 0 aromatic carbocycles. The van der Waals surface area contributed by atoms with E-state index in [2.05, 4.69) is 34.7 Å². The Morgan fingerprint density at radius 3 is 2.58 bits per heavy atom. The van der Waals surface area contributed by atoms with E-state index in [9.17, 15) is 0 Å². The molecule has 0 spiro atoms. The Balaban J connectivity index is 2.11. The van der Waals surface area contributed by atoms with Gasteiger partial charge in [0.05, 0.1) is 0 Å². The molecule has 1 heterocycles.